The van der Waals surface area contributed by atoms with Gasteiger partial charge in [-0.3, -0.25) is 9.97 Å². The first-order valence-corrected chi connectivity index (χ1v) is 37.9. The third-order valence-electron chi connectivity index (χ3n) is 21.7. The first-order chi connectivity index (χ1) is 55.4. The molecule has 6 heteroatoms. The predicted molar refractivity (Wildman–Crippen MR) is 467 cm³/mol. The van der Waals surface area contributed by atoms with Crippen molar-refractivity contribution >= 4 is 75.4 Å². The SMILES string of the molecule is c1cncc(-c2ccc(-c3cc(-c4cccc(-c5ccc6ccccc6c5)c4)nc(-c4ccc(-c5cc6ccccc6c6ccccc56)cc4)n3)cc2)c1.c1cncc(-c2ccc(-c3cc(-c4cccc(-c5ccc6ccccc6c5)c4)nc(-c4ccc(-c5ccc6c7ccccc7c7ccccc7c6c5)cc4)n3)cc2)c1. The summed E-state index contributed by atoms with van der Waals surface area (Å²) in [7, 11) is 0. The summed E-state index contributed by atoms with van der Waals surface area (Å²) in [6.45, 7) is 0. The van der Waals surface area contributed by atoms with Crippen LogP contribution >= 0.6 is 0 Å². The lowest BCUT2D eigenvalue weighted by Gasteiger charge is -2.13. The quantitative estimate of drug-likeness (QED) is 0.113. The average Bonchev–Trinajstić information content (AvgIpc) is 0.735. The van der Waals surface area contributed by atoms with Crippen LogP contribution in [0.15, 0.2) is 413 Å². The molecule has 0 N–H and O–H groups in total. The Labute approximate surface area is 648 Å². The number of hydrogen-bond acceptors (Lipinski definition) is 6. The van der Waals surface area contributed by atoms with Gasteiger partial charge in [0.25, 0.3) is 0 Å². The molecule has 0 aliphatic heterocycles. The first-order valence-electron chi connectivity index (χ1n) is 37.9. The minimum Gasteiger partial charge on any atom is -0.264 e. The monoisotopic (exact) mass is 1420 g/mol. The second-order valence-electron chi connectivity index (χ2n) is 28.5. The molecule has 0 spiro atoms. The predicted octanol–water partition coefficient (Wildman–Crippen LogP) is 27.8. The summed E-state index contributed by atoms with van der Waals surface area (Å²) in [6.07, 6.45) is 7.38. The van der Waals surface area contributed by atoms with E-state index < -0.39 is 0 Å². The summed E-state index contributed by atoms with van der Waals surface area (Å²) in [5.41, 5.74) is 23.2. The summed E-state index contributed by atoms with van der Waals surface area (Å²) in [5, 5.41) is 17.6. The summed E-state index contributed by atoms with van der Waals surface area (Å²) in [6, 6.07) is 138. The Balaban J connectivity index is 0.000000146. The van der Waals surface area contributed by atoms with Crippen LogP contribution in [0.5, 0.6) is 0 Å². The lowest BCUT2D eigenvalue weighted by Crippen LogP contribution is -1.96. The Kier molecular flexibility index (Phi) is 17.2. The Hall–Kier alpha value is -15.0. The highest BCUT2D eigenvalue weighted by atomic mass is 14.9. The van der Waals surface area contributed by atoms with Gasteiger partial charge in [0.1, 0.15) is 0 Å². The highest BCUT2D eigenvalue weighted by molar-refractivity contribution is 6.26. The first kappa shape index (κ1) is 66.5. The van der Waals surface area contributed by atoms with Gasteiger partial charge in [0.2, 0.25) is 0 Å². The van der Waals surface area contributed by atoms with Crippen LogP contribution in [-0.4, -0.2) is 29.9 Å². The molecular weight excluding hydrogens is 1360 g/mol. The van der Waals surface area contributed by atoms with E-state index in [1.807, 2.05) is 24.5 Å². The van der Waals surface area contributed by atoms with Gasteiger partial charge in [-0.15, -0.1) is 0 Å². The van der Waals surface area contributed by atoms with Crippen LogP contribution in [-0.2, 0) is 0 Å². The topological polar surface area (TPSA) is 77.3 Å². The zero-order valence-electron chi connectivity index (χ0n) is 60.9. The Morgan fingerprint density at radius 3 is 0.920 bits per heavy atom. The normalized spacial score (nSPS) is 11.4. The molecule has 21 rings (SSSR count). The third-order valence-corrected chi connectivity index (χ3v) is 21.7. The number of pyridine rings is 2. The second-order valence-corrected chi connectivity index (χ2v) is 28.5. The van der Waals surface area contributed by atoms with E-state index >= 15 is 0 Å². The van der Waals surface area contributed by atoms with E-state index in [0.717, 1.165) is 101 Å². The molecule has 0 atom stereocenters. The van der Waals surface area contributed by atoms with Crippen molar-refractivity contribution in [3.63, 3.8) is 0 Å². The number of benzene rings is 17. The van der Waals surface area contributed by atoms with Gasteiger partial charge in [0, 0.05) is 58.2 Å². The zero-order chi connectivity index (χ0) is 74.3. The molecular formula is C106H68N6. The number of aromatic nitrogens is 6. The van der Waals surface area contributed by atoms with Crippen molar-refractivity contribution in [2.45, 2.75) is 0 Å². The van der Waals surface area contributed by atoms with E-state index in [4.69, 9.17) is 19.9 Å². The van der Waals surface area contributed by atoms with Gasteiger partial charge >= 0.3 is 0 Å². The molecule has 0 aliphatic carbocycles. The molecule has 17 aromatic carbocycles. The Morgan fingerprint density at radius 1 is 0.143 bits per heavy atom. The highest BCUT2D eigenvalue weighted by Gasteiger charge is 2.18. The molecule has 0 radical (unpaired) electrons. The molecule has 0 saturated heterocycles. The van der Waals surface area contributed by atoms with Crippen molar-refractivity contribution in [2.24, 2.45) is 0 Å². The zero-order valence-corrected chi connectivity index (χ0v) is 60.9. The second kappa shape index (κ2) is 29.0. The Bertz CT molecular complexity index is 7110. The number of nitrogens with zero attached hydrogens (tertiary/aromatic N) is 6. The summed E-state index contributed by atoms with van der Waals surface area (Å²) < 4.78 is 0. The molecule has 0 saturated carbocycles. The fourth-order valence-corrected chi connectivity index (χ4v) is 15.9. The maximum absolute atomic E-state index is 5.24. The highest BCUT2D eigenvalue weighted by Crippen LogP contribution is 2.42. The molecule has 4 heterocycles. The minimum atomic E-state index is 0.683. The van der Waals surface area contributed by atoms with E-state index in [0.29, 0.717) is 11.6 Å². The van der Waals surface area contributed by atoms with Gasteiger partial charge in [0.15, 0.2) is 11.6 Å². The fraction of sp³-hybridized carbons (Fsp3) is 0. The molecule has 4 aromatic heterocycles. The molecule has 0 amide bonds. The summed E-state index contributed by atoms with van der Waals surface area (Å²) in [5.74, 6) is 1.37. The van der Waals surface area contributed by atoms with E-state index in [-0.39, 0.29) is 0 Å². The van der Waals surface area contributed by atoms with Crippen molar-refractivity contribution in [1.82, 2.24) is 29.9 Å². The van der Waals surface area contributed by atoms with Crippen LogP contribution in [0.3, 0.4) is 0 Å². The lowest BCUT2D eigenvalue weighted by molar-refractivity contribution is 1.18. The van der Waals surface area contributed by atoms with Crippen molar-refractivity contribution in [3.05, 3.63) is 413 Å². The van der Waals surface area contributed by atoms with Crippen molar-refractivity contribution < 1.29 is 0 Å². The summed E-state index contributed by atoms with van der Waals surface area (Å²) in [4.78, 5) is 29.5. The number of fused-ring (bicyclic) bond motifs is 11. The van der Waals surface area contributed by atoms with Gasteiger partial charge in [-0.05, 0) is 203 Å². The molecule has 6 nitrogen and oxygen atoms in total. The van der Waals surface area contributed by atoms with Crippen molar-refractivity contribution in [1.29, 1.82) is 0 Å². The molecule has 0 fully saturated rings. The third kappa shape index (κ3) is 13.0. The van der Waals surface area contributed by atoms with Gasteiger partial charge in [-0.25, -0.2) is 19.9 Å². The van der Waals surface area contributed by atoms with E-state index in [1.165, 1.54) is 97.7 Å². The maximum Gasteiger partial charge on any atom is 0.160 e. The van der Waals surface area contributed by atoms with E-state index in [9.17, 15) is 0 Å². The smallest absolute Gasteiger partial charge is 0.160 e. The summed E-state index contributed by atoms with van der Waals surface area (Å²) >= 11 is 0. The van der Waals surface area contributed by atoms with Crippen LogP contribution in [0.25, 0.3) is 210 Å². The largest absolute Gasteiger partial charge is 0.264 e. The molecule has 0 aliphatic rings. The van der Waals surface area contributed by atoms with Crippen LogP contribution in [0.2, 0.25) is 0 Å². The maximum atomic E-state index is 5.24. The Morgan fingerprint density at radius 2 is 0.455 bits per heavy atom. The minimum absolute atomic E-state index is 0.683. The van der Waals surface area contributed by atoms with Crippen molar-refractivity contribution in [3.8, 4) is 135 Å². The van der Waals surface area contributed by atoms with Gasteiger partial charge in [-0.1, -0.05) is 328 Å². The number of rotatable bonds is 12. The van der Waals surface area contributed by atoms with Crippen LogP contribution in [0, 0.1) is 0 Å². The van der Waals surface area contributed by atoms with Gasteiger partial charge < -0.3 is 0 Å². The standard InChI is InChI=1S/C55H35N3.C51H33N3/c1-2-10-41-31-43(27-22-36(41)9-1)42-11-7-12-45(32-42)54-34-53(39-23-18-38(19-24-39)46-13-8-30-56-35-46)57-55(58-54)40-25-20-37(21-26-40)44-28-29-51-49-16-4-3-14-47(49)48-15-5-6-17-50(48)52(51)33-44;1-2-10-39-29-41(27-20-34(39)9-1)40-12-7-13-43(30-40)50-32-49(37-23-18-35(19-24-37)44-14-8-28-52-33-44)53-51(54-50)38-25-21-36(22-26-38)48-31-42-11-3-4-15-45(42)46-16-5-6-17-47(46)48/h1-35H;1-33H. The molecule has 0 unspecified atom stereocenters. The average molecular weight is 1430 g/mol. The van der Waals surface area contributed by atoms with Gasteiger partial charge in [0.05, 0.1) is 22.8 Å². The molecule has 21 aromatic rings. The van der Waals surface area contributed by atoms with Crippen LogP contribution < -0.4 is 0 Å². The van der Waals surface area contributed by atoms with Crippen LogP contribution in [0.4, 0.5) is 0 Å². The van der Waals surface area contributed by atoms with E-state index in [1.54, 1.807) is 12.4 Å². The molecule has 0 bridgehead atoms. The molecule has 522 valence electrons. The molecule has 112 heavy (non-hydrogen) atoms. The van der Waals surface area contributed by atoms with E-state index in [2.05, 4.69) is 386 Å². The lowest BCUT2D eigenvalue weighted by atomic mass is 9.92. The van der Waals surface area contributed by atoms with Crippen molar-refractivity contribution in [2.75, 3.05) is 0 Å². The number of hydrogen-bond donors (Lipinski definition) is 0. The van der Waals surface area contributed by atoms with Gasteiger partial charge in [-0.2, -0.15) is 0 Å². The fourth-order valence-electron chi connectivity index (χ4n) is 15.9. The van der Waals surface area contributed by atoms with Crippen LogP contribution in [0.1, 0.15) is 0 Å².